The third-order valence-electron chi connectivity index (χ3n) is 5.69. The largest absolute Gasteiger partial charge is 0.381 e. The molecule has 0 saturated carbocycles. The maximum Gasteiger partial charge on any atom is 0.0934 e. The minimum Gasteiger partial charge on any atom is -0.381 e. The summed E-state index contributed by atoms with van der Waals surface area (Å²) in [5.41, 5.74) is 0. The van der Waals surface area contributed by atoms with Crippen LogP contribution >= 0.6 is 0 Å². The van der Waals surface area contributed by atoms with E-state index in [2.05, 4.69) is 53.6 Å². The zero-order valence-corrected chi connectivity index (χ0v) is 20.9. The molecule has 0 spiro atoms. The number of rotatable bonds is 21. The molecule has 0 saturated heterocycles. The fraction of sp³-hybridized carbons (Fsp3) is 1.00. The Hall–Kier alpha value is -0.160. The lowest BCUT2D eigenvalue weighted by Gasteiger charge is -2.25. The summed E-state index contributed by atoms with van der Waals surface area (Å²) in [6, 6.07) is 0. The number of unbranched alkanes of at least 4 members (excludes halogenated alkanes) is 2. The van der Waals surface area contributed by atoms with E-state index in [0.29, 0.717) is 24.4 Å². The highest BCUT2D eigenvalue weighted by molar-refractivity contribution is 4.64. The molecule has 0 rings (SSSR count). The van der Waals surface area contributed by atoms with Gasteiger partial charge < -0.3 is 19.1 Å². The SMILES string of the molecule is CCCC[C@H](CC)COC[C@@H](C)CO[C@H](COC[C@@H](CC)CCCC)CN(C)C. The van der Waals surface area contributed by atoms with E-state index in [-0.39, 0.29) is 6.10 Å². The molecule has 0 aromatic heterocycles. The van der Waals surface area contributed by atoms with Gasteiger partial charge in [-0.25, -0.2) is 0 Å². The highest BCUT2D eigenvalue weighted by Crippen LogP contribution is 2.15. The highest BCUT2D eigenvalue weighted by atomic mass is 16.5. The molecule has 4 atom stereocenters. The van der Waals surface area contributed by atoms with Crippen LogP contribution in [0, 0.1) is 17.8 Å². The third kappa shape index (κ3) is 17.2. The summed E-state index contributed by atoms with van der Waals surface area (Å²) in [6.07, 6.45) is 10.2. The van der Waals surface area contributed by atoms with Crippen LogP contribution in [0.1, 0.15) is 86.0 Å². The predicted octanol–water partition coefficient (Wildman–Crippen LogP) is 6.04. The molecule has 0 bridgehead atoms. The summed E-state index contributed by atoms with van der Waals surface area (Å²) in [4.78, 5) is 2.18. The second-order valence-corrected chi connectivity index (χ2v) is 9.23. The lowest BCUT2D eigenvalue weighted by Crippen LogP contribution is -2.34. The summed E-state index contributed by atoms with van der Waals surface area (Å²) in [7, 11) is 4.19. The Balaban J connectivity index is 4.16. The van der Waals surface area contributed by atoms with E-state index in [9.17, 15) is 0 Å². The molecule has 0 unspecified atom stereocenters. The highest BCUT2D eigenvalue weighted by Gasteiger charge is 2.15. The van der Waals surface area contributed by atoms with Crippen molar-refractivity contribution in [2.24, 2.45) is 17.8 Å². The van der Waals surface area contributed by atoms with Crippen LogP contribution in [0.15, 0.2) is 0 Å². The second-order valence-electron chi connectivity index (χ2n) is 9.23. The average Bonchev–Trinajstić information content (AvgIpc) is 2.70. The Kier molecular flexibility index (Phi) is 19.7. The Bertz CT molecular complexity index is 338. The van der Waals surface area contributed by atoms with E-state index in [1.165, 1.54) is 51.4 Å². The Morgan fingerprint density at radius 2 is 1.21 bits per heavy atom. The van der Waals surface area contributed by atoms with Gasteiger partial charge in [-0.05, 0) is 38.8 Å². The molecule has 0 radical (unpaired) electrons. The normalized spacial score (nSPS) is 16.1. The molecule has 176 valence electrons. The Morgan fingerprint density at radius 1 is 0.690 bits per heavy atom. The number of ether oxygens (including phenoxy) is 3. The van der Waals surface area contributed by atoms with E-state index in [0.717, 1.165) is 33.0 Å². The summed E-state index contributed by atoms with van der Waals surface area (Å²) >= 11 is 0. The molecule has 4 heteroatoms. The van der Waals surface area contributed by atoms with E-state index in [4.69, 9.17) is 14.2 Å². The third-order valence-corrected chi connectivity index (χ3v) is 5.69. The van der Waals surface area contributed by atoms with E-state index >= 15 is 0 Å². The van der Waals surface area contributed by atoms with Crippen molar-refractivity contribution in [2.75, 3.05) is 53.7 Å². The topological polar surface area (TPSA) is 30.9 Å². The summed E-state index contributed by atoms with van der Waals surface area (Å²) in [5.74, 6) is 1.80. The first-order valence-electron chi connectivity index (χ1n) is 12.4. The van der Waals surface area contributed by atoms with Gasteiger partial charge in [-0.1, -0.05) is 73.1 Å². The van der Waals surface area contributed by atoms with Gasteiger partial charge in [-0.15, -0.1) is 0 Å². The molecule has 0 aromatic rings. The quantitative estimate of drug-likeness (QED) is 0.229. The van der Waals surface area contributed by atoms with E-state index < -0.39 is 0 Å². The van der Waals surface area contributed by atoms with Crippen molar-refractivity contribution in [2.45, 2.75) is 92.1 Å². The van der Waals surface area contributed by atoms with Crippen LogP contribution in [0.3, 0.4) is 0 Å². The molecule has 29 heavy (non-hydrogen) atoms. The van der Waals surface area contributed by atoms with Crippen LogP contribution in [0.2, 0.25) is 0 Å². The van der Waals surface area contributed by atoms with Crippen molar-refractivity contribution in [3.05, 3.63) is 0 Å². The van der Waals surface area contributed by atoms with Crippen molar-refractivity contribution >= 4 is 0 Å². The Labute approximate surface area is 183 Å². The Morgan fingerprint density at radius 3 is 1.66 bits per heavy atom. The number of hydrogen-bond donors (Lipinski definition) is 0. The van der Waals surface area contributed by atoms with Crippen LogP contribution in [0.25, 0.3) is 0 Å². The molecular weight excluding hydrogens is 362 g/mol. The van der Waals surface area contributed by atoms with Crippen LogP contribution in [-0.2, 0) is 14.2 Å². The van der Waals surface area contributed by atoms with E-state index in [1.807, 2.05) is 0 Å². The van der Waals surface area contributed by atoms with Gasteiger partial charge in [0.2, 0.25) is 0 Å². The van der Waals surface area contributed by atoms with Crippen LogP contribution in [-0.4, -0.2) is 64.7 Å². The number of likely N-dealkylation sites (N-methyl/N-ethyl adjacent to an activating group) is 1. The fourth-order valence-corrected chi connectivity index (χ4v) is 3.51. The first kappa shape index (κ1) is 28.8. The average molecular weight is 416 g/mol. The minimum absolute atomic E-state index is 0.129. The molecule has 0 aliphatic heterocycles. The first-order valence-corrected chi connectivity index (χ1v) is 12.4. The number of hydrogen-bond acceptors (Lipinski definition) is 4. The summed E-state index contributed by atoms with van der Waals surface area (Å²) < 4.78 is 18.3. The van der Waals surface area contributed by atoms with Gasteiger partial charge in [0.1, 0.15) is 0 Å². The fourth-order valence-electron chi connectivity index (χ4n) is 3.51. The maximum absolute atomic E-state index is 6.21. The van der Waals surface area contributed by atoms with Gasteiger partial charge in [0.25, 0.3) is 0 Å². The molecule has 0 aliphatic carbocycles. The van der Waals surface area contributed by atoms with Gasteiger partial charge >= 0.3 is 0 Å². The number of nitrogens with zero attached hydrogens (tertiary/aromatic N) is 1. The molecule has 0 fully saturated rings. The van der Waals surface area contributed by atoms with Gasteiger partial charge in [-0.2, -0.15) is 0 Å². The first-order chi connectivity index (χ1) is 14.0. The van der Waals surface area contributed by atoms with Crippen molar-refractivity contribution in [1.29, 1.82) is 0 Å². The van der Waals surface area contributed by atoms with Crippen molar-refractivity contribution < 1.29 is 14.2 Å². The summed E-state index contributed by atoms with van der Waals surface area (Å²) in [5, 5.41) is 0. The summed E-state index contributed by atoms with van der Waals surface area (Å²) in [6.45, 7) is 16.1. The molecule has 4 nitrogen and oxygen atoms in total. The van der Waals surface area contributed by atoms with Crippen LogP contribution < -0.4 is 0 Å². The predicted molar refractivity (Wildman–Crippen MR) is 126 cm³/mol. The smallest absolute Gasteiger partial charge is 0.0934 e. The van der Waals surface area contributed by atoms with Gasteiger partial charge in [0.15, 0.2) is 0 Å². The minimum atomic E-state index is 0.129. The molecule has 0 aliphatic rings. The lowest BCUT2D eigenvalue weighted by molar-refractivity contribution is -0.0540. The monoisotopic (exact) mass is 415 g/mol. The van der Waals surface area contributed by atoms with Crippen molar-refractivity contribution in [3.63, 3.8) is 0 Å². The van der Waals surface area contributed by atoms with Crippen molar-refractivity contribution in [1.82, 2.24) is 4.90 Å². The van der Waals surface area contributed by atoms with Gasteiger partial charge in [0, 0.05) is 25.7 Å². The zero-order valence-electron chi connectivity index (χ0n) is 20.9. The van der Waals surface area contributed by atoms with Crippen molar-refractivity contribution in [3.8, 4) is 0 Å². The lowest BCUT2D eigenvalue weighted by atomic mass is 10.0. The van der Waals surface area contributed by atoms with Crippen LogP contribution in [0.5, 0.6) is 0 Å². The molecule has 0 amide bonds. The van der Waals surface area contributed by atoms with Gasteiger partial charge in [0.05, 0.1) is 25.9 Å². The standard InChI is InChI=1S/C25H53NO3/c1-8-12-14-23(10-3)19-27-17-22(5)18-29-25(16-26(6)7)21-28-20-24(11-4)15-13-9-2/h22-25H,8-21H2,1-7H3/t22-,23+,24+,25+/m1/s1. The zero-order chi connectivity index (χ0) is 21.9. The van der Waals surface area contributed by atoms with Gasteiger partial charge in [-0.3, -0.25) is 0 Å². The second kappa shape index (κ2) is 19.8. The molecular formula is C25H53NO3. The molecule has 0 aromatic carbocycles. The molecule has 0 heterocycles. The van der Waals surface area contributed by atoms with Crippen LogP contribution in [0.4, 0.5) is 0 Å². The maximum atomic E-state index is 6.21. The van der Waals surface area contributed by atoms with E-state index in [1.54, 1.807) is 0 Å². The molecule has 0 N–H and O–H groups in total.